The quantitative estimate of drug-likeness (QED) is 0.581. The topological polar surface area (TPSA) is 50.8 Å². The van der Waals surface area contributed by atoms with Crippen LogP contribution in [0.15, 0.2) is 41.8 Å². The highest BCUT2D eigenvalue weighted by molar-refractivity contribution is 7.10. The molecule has 0 bridgehead atoms. The fourth-order valence-electron chi connectivity index (χ4n) is 3.49. The Bertz CT molecular complexity index is 798. The van der Waals surface area contributed by atoms with E-state index >= 15 is 0 Å². The van der Waals surface area contributed by atoms with Crippen molar-refractivity contribution in [3.05, 3.63) is 52.2 Å². The predicted octanol–water partition coefficient (Wildman–Crippen LogP) is 4.51. The molecule has 5 nitrogen and oxygen atoms in total. The molecule has 1 saturated heterocycles. The van der Waals surface area contributed by atoms with Gasteiger partial charge >= 0.3 is 0 Å². The molecule has 1 unspecified atom stereocenters. The van der Waals surface area contributed by atoms with Gasteiger partial charge in [0.05, 0.1) is 19.8 Å². The summed E-state index contributed by atoms with van der Waals surface area (Å²) in [5, 5.41) is 5.17. The Hall–Kier alpha value is -2.31. The van der Waals surface area contributed by atoms with Crippen LogP contribution < -0.4 is 14.8 Å². The number of thiophene rings is 1. The second kappa shape index (κ2) is 11.0. The number of carbonyl (C=O) groups is 1. The number of rotatable bonds is 10. The summed E-state index contributed by atoms with van der Waals surface area (Å²) in [5.41, 5.74) is 0.898. The average molecular weight is 415 g/mol. The van der Waals surface area contributed by atoms with E-state index in [0.29, 0.717) is 18.9 Å². The van der Waals surface area contributed by atoms with Gasteiger partial charge in [0.2, 0.25) is 5.91 Å². The van der Waals surface area contributed by atoms with Gasteiger partial charge in [0, 0.05) is 17.5 Å². The molecular weight excluding hydrogens is 384 g/mol. The third-order valence-electron chi connectivity index (χ3n) is 5.00. The standard InChI is InChI=1S/C23H30N2O3S/c1-3-14-28-20-10-8-18(16-21(20)27-2)9-11-23(26)24-17-19(22-7-6-15-29-22)25-12-4-5-13-25/h6-11,15-16,19H,3-5,12-14,17H2,1-2H3,(H,24,26)/b11-9+. The fraction of sp³-hybridized carbons (Fsp3) is 0.435. The lowest BCUT2D eigenvalue weighted by molar-refractivity contribution is -0.116. The van der Waals surface area contributed by atoms with Crippen molar-refractivity contribution in [2.75, 3.05) is 33.4 Å². The minimum atomic E-state index is -0.0870. The van der Waals surface area contributed by atoms with Crippen molar-refractivity contribution >= 4 is 23.3 Å². The maximum Gasteiger partial charge on any atom is 0.244 e. The van der Waals surface area contributed by atoms with Gasteiger partial charge < -0.3 is 14.8 Å². The molecule has 0 aliphatic carbocycles. The molecule has 6 heteroatoms. The molecule has 29 heavy (non-hydrogen) atoms. The van der Waals surface area contributed by atoms with Gasteiger partial charge in [-0.2, -0.15) is 0 Å². The second-order valence-corrected chi connectivity index (χ2v) is 8.09. The Morgan fingerprint density at radius 1 is 1.28 bits per heavy atom. The highest BCUT2D eigenvalue weighted by Gasteiger charge is 2.24. The van der Waals surface area contributed by atoms with Gasteiger partial charge in [0.15, 0.2) is 11.5 Å². The molecule has 0 spiro atoms. The number of hydrogen-bond acceptors (Lipinski definition) is 5. The van der Waals surface area contributed by atoms with Gasteiger partial charge in [0.25, 0.3) is 0 Å². The first-order valence-corrected chi connectivity index (χ1v) is 11.1. The summed E-state index contributed by atoms with van der Waals surface area (Å²) in [6.07, 6.45) is 6.79. The van der Waals surface area contributed by atoms with E-state index in [4.69, 9.17) is 9.47 Å². The second-order valence-electron chi connectivity index (χ2n) is 7.11. The van der Waals surface area contributed by atoms with E-state index in [1.807, 2.05) is 18.2 Å². The van der Waals surface area contributed by atoms with Crippen LogP contribution in [0.3, 0.4) is 0 Å². The molecule has 0 radical (unpaired) electrons. The molecule has 1 aromatic heterocycles. The molecule has 2 aromatic rings. The summed E-state index contributed by atoms with van der Waals surface area (Å²) in [5.74, 6) is 1.31. The maximum atomic E-state index is 12.4. The van der Waals surface area contributed by atoms with Gasteiger partial charge in [-0.1, -0.05) is 19.1 Å². The summed E-state index contributed by atoms with van der Waals surface area (Å²) in [6.45, 7) is 5.53. The van der Waals surface area contributed by atoms with Crippen LogP contribution >= 0.6 is 11.3 Å². The van der Waals surface area contributed by atoms with E-state index in [1.165, 1.54) is 17.7 Å². The van der Waals surface area contributed by atoms with E-state index in [-0.39, 0.29) is 11.9 Å². The van der Waals surface area contributed by atoms with Crippen LogP contribution in [0.25, 0.3) is 6.08 Å². The Balaban J connectivity index is 1.58. The fourth-order valence-corrected chi connectivity index (χ4v) is 4.35. The first-order valence-electron chi connectivity index (χ1n) is 10.3. The lowest BCUT2D eigenvalue weighted by Gasteiger charge is -2.26. The molecule has 156 valence electrons. The SMILES string of the molecule is CCCOc1ccc(/C=C/C(=O)NCC(c2cccs2)N2CCCC2)cc1OC. The lowest BCUT2D eigenvalue weighted by atomic mass is 10.2. The number of carbonyl (C=O) groups excluding carboxylic acids is 1. The lowest BCUT2D eigenvalue weighted by Crippen LogP contribution is -2.35. The van der Waals surface area contributed by atoms with Crippen LogP contribution in [0.4, 0.5) is 0 Å². The van der Waals surface area contributed by atoms with E-state index in [9.17, 15) is 4.79 Å². The van der Waals surface area contributed by atoms with Crippen LogP contribution in [0, 0.1) is 0 Å². The first kappa shape index (κ1) is 21.4. The number of amides is 1. The van der Waals surface area contributed by atoms with E-state index < -0.39 is 0 Å². The Morgan fingerprint density at radius 2 is 2.10 bits per heavy atom. The number of ether oxygens (including phenoxy) is 2. The zero-order valence-corrected chi connectivity index (χ0v) is 18.0. The van der Waals surface area contributed by atoms with Crippen molar-refractivity contribution < 1.29 is 14.3 Å². The van der Waals surface area contributed by atoms with Gasteiger partial charge in [0.1, 0.15) is 0 Å². The first-order chi connectivity index (χ1) is 14.2. The average Bonchev–Trinajstić information content (AvgIpc) is 3.46. The number of hydrogen-bond donors (Lipinski definition) is 1. The Morgan fingerprint density at radius 3 is 2.79 bits per heavy atom. The maximum absolute atomic E-state index is 12.4. The van der Waals surface area contributed by atoms with Gasteiger partial charge in [-0.15, -0.1) is 11.3 Å². The van der Waals surface area contributed by atoms with Crippen LogP contribution in [0.1, 0.15) is 42.7 Å². The van der Waals surface area contributed by atoms with Crippen molar-refractivity contribution in [2.24, 2.45) is 0 Å². The summed E-state index contributed by atoms with van der Waals surface area (Å²) >= 11 is 1.75. The van der Waals surface area contributed by atoms with Crippen molar-refractivity contribution in [3.63, 3.8) is 0 Å². The number of likely N-dealkylation sites (tertiary alicyclic amines) is 1. The minimum absolute atomic E-state index is 0.0870. The Kier molecular flexibility index (Phi) is 8.14. The smallest absolute Gasteiger partial charge is 0.244 e. The number of methoxy groups -OCH3 is 1. The van der Waals surface area contributed by atoms with Crippen molar-refractivity contribution in [1.82, 2.24) is 10.2 Å². The molecule has 1 fully saturated rings. The van der Waals surface area contributed by atoms with Crippen molar-refractivity contribution in [3.8, 4) is 11.5 Å². The molecule has 1 aliphatic rings. The highest BCUT2D eigenvalue weighted by Crippen LogP contribution is 2.29. The third-order valence-corrected chi connectivity index (χ3v) is 5.97. The van der Waals surface area contributed by atoms with Gasteiger partial charge in [-0.05, 0) is 67.6 Å². The zero-order chi connectivity index (χ0) is 20.5. The molecule has 1 aromatic carbocycles. The Labute approximate surface area is 177 Å². The molecule has 3 rings (SSSR count). The largest absolute Gasteiger partial charge is 0.493 e. The van der Waals surface area contributed by atoms with Crippen LogP contribution in [-0.4, -0.2) is 44.2 Å². The molecule has 1 atom stereocenters. The summed E-state index contributed by atoms with van der Waals surface area (Å²) in [4.78, 5) is 16.2. The zero-order valence-electron chi connectivity index (χ0n) is 17.2. The predicted molar refractivity (Wildman–Crippen MR) is 119 cm³/mol. The molecule has 0 saturated carbocycles. The number of nitrogens with one attached hydrogen (secondary N) is 1. The van der Waals surface area contributed by atoms with E-state index in [1.54, 1.807) is 30.6 Å². The van der Waals surface area contributed by atoms with Gasteiger partial charge in [-0.25, -0.2) is 0 Å². The van der Waals surface area contributed by atoms with Crippen LogP contribution in [0.5, 0.6) is 11.5 Å². The van der Waals surface area contributed by atoms with Crippen molar-refractivity contribution in [2.45, 2.75) is 32.2 Å². The third kappa shape index (κ3) is 6.08. The monoisotopic (exact) mass is 414 g/mol. The molecule has 2 heterocycles. The van der Waals surface area contributed by atoms with E-state index in [2.05, 4.69) is 34.7 Å². The number of benzene rings is 1. The summed E-state index contributed by atoms with van der Waals surface area (Å²) in [6, 6.07) is 10.2. The van der Waals surface area contributed by atoms with E-state index in [0.717, 1.165) is 30.8 Å². The molecule has 1 aliphatic heterocycles. The molecular formula is C23H30N2O3S. The van der Waals surface area contributed by atoms with Crippen LogP contribution in [-0.2, 0) is 4.79 Å². The highest BCUT2D eigenvalue weighted by atomic mass is 32.1. The minimum Gasteiger partial charge on any atom is -0.493 e. The number of nitrogens with zero attached hydrogens (tertiary/aromatic N) is 1. The normalized spacial score (nSPS) is 15.5. The molecule has 1 N–H and O–H groups in total. The molecule has 1 amide bonds. The van der Waals surface area contributed by atoms with Gasteiger partial charge in [-0.3, -0.25) is 9.69 Å². The van der Waals surface area contributed by atoms with Crippen molar-refractivity contribution in [1.29, 1.82) is 0 Å². The summed E-state index contributed by atoms with van der Waals surface area (Å²) in [7, 11) is 1.62. The van der Waals surface area contributed by atoms with Crippen LogP contribution in [0.2, 0.25) is 0 Å². The summed E-state index contributed by atoms with van der Waals surface area (Å²) < 4.78 is 11.1.